The van der Waals surface area contributed by atoms with Gasteiger partial charge in [0.25, 0.3) is 5.82 Å². The van der Waals surface area contributed by atoms with Gasteiger partial charge in [-0.05, 0) is 12.1 Å². The van der Waals surface area contributed by atoms with Crippen LogP contribution in [0.5, 0.6) is 0 Å². The second-order valence-electron chi connectivity index (χ2n) is 3.49. The minimum absolute atomic E-state index is 0.0888. The molecule has 1 heterocycles. The minimum Gasteiger partial charge on any atom is -0.463 e. The number of ether oxygens (including phenoxy) is 2. The number of carbonyl (C=O) groups excluding carboxylic acids is 2. The van der Waals surface area contributed by atoms with Crippen LogP contribution in [-0.4, -0.2) is 40.9 Å². The fourth-order valence-electron chi connectivity index (χ4n) is 1.46. The van der Waals surface area contributed by atoms with Crippen LogP contribution in [0.3, 0.4) is 0 Å². The summed E-state index contributed by atoms with van der Waals surface area (Å²) in [5.74, 6) is -1.70. The number of esters is 2. The number of nitrogens with zero attached hydrogens (tertiary/aromatic N) is 3. The lowest BCUT2D eigenvalue weighted by atomic mass is 10.3. The van der Waals surface area contributed by atoms with Crippen molar-refractivity contribution in [2.45, 2.75) is 0 Å². The Morgan fingerprint density at radius 2 is 1.68 bits per heavy atom. The van der Waals surface area contributed by atoms with Crippen LogP contribution >= 0.6 is 0 Å². The third kappa shape index (κ3) is 2.44. The van der Waals surface area contributed by atoms with Crippen LogP contribution in [0.25, 0.3) is 5.69 Å². The molecule has 0 saturated carbocycles. The molecule has 0 bridgehead atoms. The van der Waals surface area contributed by atoms with Crippen molar-refractivity contribution in [3.63, 3.8) is 0 Å². The molecular weight excluding hydrogens is 250 g/mol. The molecule has 0 aliphatic rings. The van der Waals surface area contributed by atoms with Gasteiger partial charge in [0.2, 0.25) is 5.82 Å². The lowest BCUT2D eigenvalue weighted by Gasteiger charge is -2.03. The molecular formula is C12H11N3O4. The Bertz CT molecular complexity index is 607. The molecule has 0 aliphatic carbocycles. The molecule has 7 heteroatoms. The molecule has 1 aromatic heterocycles. The van der Waals surface area contributed by atoms with Crippen molar-refractivity contribution < 1.29 is 19.1 Å². The minimum atomic E-state index is -0.722. The lowest BCUT2D eigenvalue weighted by Crippen LogP contribution is -2.11. The average Bonchev–Trinajstić information content (AvgIpc) is 2.91. The fraction of sp³-hybridized carbons (Fsp3) is 0.167. The highest BCUT2D eigenvalue weighted by Gasteiger charge is 2.23. The molecule has 0 fully saturated rings. The van der Waals surface area contributed by atoms with E-state index in [4.69, 9.17) is 0 Å². The molecule has 0 N–H and O–H groups in total. The van der Waals surface area contributed by atoms with Gasteiger partial charge in [0, 0.05) is 0 Å². The second-order valence-corrected chi connectivity index (χ2v) is 3.49. The number of methoxy groups -OCH3 is 2. The van der Waals surface area contributed by atoms with Crippen LogP contribution < -0.4 is 0 Å². The zero-order chi connectivity index (χ0) is 13.8. The molecule has 19 heavy (non-hydrogen) atoms. The van der Waals surface area contributed by atoms with Crippen LogP contribution in [0.1, 0.15) is 21.2 Å². The van der Waals surface area contributed by atoms with Crippen LogP contribution in [-0.2, 0) is 9.47 Å². The van der Waals surface area contributed by atoms with E-state index in [0.717, 1.165) is 0 Å². The van der Waals surface area contributed by atoms with Gasteiger partial charge in [-0.25, -0.2) is 14.3 Å². The number of carbonyl (C=O) groups is 2. The summed E-state index contributed by atoms with van der Waals surface area (Å²) >= 11 is 0. The largest absolute Gasteiger partial charge is 0.463 e. The van der Waals surface area contributed by atoms with E-state index < -0.39 is 11.9 Å². The maximum atomic E-state index is 11.6. The molecule has 0 atom stereocenters. The van der Waals surface area contributed by atoms with Crippen LogP contribution in [0.4, 0.5) is 0 Å². The molecule has 7 nitrogen and oxygen atoms in total. The van der Waals surface area contributed by atoms with Crippen LogP contribution in [0.15, 0.2) is 30.3 Å². The van der Waals surface area contributed by atoms with Crippen LogP contribution in [0, 0.1) is 0 Å². The zero-order valence-electron chi connectivity index (χ0n) is 10.4. The maximum absolute atomic E-state index is 11.6. The maximum Gasteiger partial charge on any atom is 0.377 e. The third-order valence-electron chi connectivity index (χ3n) is 2.34. The smallest absolute Gasteiger partial charge is 0.377 e. The molecule has 0 radical (unpaired) electrons. The normalized spacial score (nSPS) is 10.0. The van der Waals surface area contributed by atoms with Gasteiger partial charge >= 0.3 is 11.9 Å². The lowest BCUT2D eigenvalue weighted by molar-refractivity contribution is 0.0583. The monoisotopic (exact) mass is 261 g/mol. The first-order valence-corrected chi connectivity index (χ1v) is 5.36. The fourth-order valence-corrected chi connectivity index (χ4v) is 1.46. The van der Waals surface area contributed by atoms with E-state index >= 15 is 0 Å². The first-order chi connectivity index (χ1) is 9.17. The first-order valence-electron chi connectivity index (χ1n) is 5.36. The molecule has 0 amide bonds. The Kier molecular flexibility index (Phi) is 3.56. The number of benzene rings is 1. The molecule has 0 spiro atoms. The number of hydrogen-bond donors (Lipinski definition) is 0. The summed E-state index contributed by atoms with van der Waals surface area (Å²) in [5, 5.41) is 3.95. The molecule has 1 aromatic carbocycles. The van der Waals surface area contributed by atoms with Gasteiger partial charge in [-0.3, -0.25) is 0 Å². The van der Waals surface area contributed by atoms with Gasteiger partial charge in [-0.2, -0.15) is 4.98 Å². The highest BCUT2D eigenvalue weighted by molar-refractivity contribution is 5.90. The predicted octanol–water partition coefficient (Wildman–Crippen LogP) is 0.841. The summed E-state index contributed by atoms with van der Waals surface area (Å²) in [6.45, 7) is 0. The average molecular weight is 261 g/mol. The Morgan fingerprint density at radius 1 is 1.05 bits per heavy atom. The first kappa shape index (κ1) is 12.7. The molecule has 98 valence electrons. The van der Waals surface area contributed by atoms with Gasteiger partial charge in [0.05, 0.1) is 19.9 Å². The van der Waals surface area contributed by atoms with Crippen molar-refractivity contribution in [2.24, 2.45) is 0 Å². The zero-order valence-corrected chi connectivity index (χ0v) is 10.4. The van der Waals surface area contributed by atoms with Crippen molar-refractivity contribution >= 4 is 11.9 Å². The molecule has 0 aliphatic heterocycles. The van der Waals surface area contributed by atoms with E-state index in [1.165, 1.54) is 18.9 Å². The van der Waals surface area contributed by atoms with E-state index in [0.29, 0.717) is 5.69 Å². The molecule has 2 aromatic rings. The number of para-hydroxylation sites is 1. The van der Waals surface area contributed by atoms with Gasteiger partial charge in [0.15, 0.2) is 0 Å². The topological polar surface area (TPSA) is 83.3 Å². The SMILES string of the molecule is COC(=O)c1nc(C(=O)OC)n(-c2ccccc2)n1. The van der Waals surface area contributed by atoms with E-state index in [9.17, 15) is 9.59 Å². The molecule has 0 saturated heterocycles. The Morgan fingerprint density at radius 3 is 2.26 bits per heavy atom. The summed E-state index contributed by atoms with van der Waals surface area (Å²) in [5.41, 5.74) is 0.588. The Balaban J connectivity index is 2.55. The van der Waals surface area contributed by atoms with Crippen molar-refractivity contribution in [1.29, 1.82) is 0 Å². The van der Waals surface area contributed by atoms with Crippen LogP contribution in [0.2, 0.25) is 0 Å². The van der Waals surface area contributed by atoms with Gasteiger partial charge in [0.1, 0.15) is 0 Å². The van der Waals surface area contributed by atoms with Gasteiger partial charge in [-0.15, -0.1) is 5.10 Å². The molecule has 2 rings (SSSR count). The Hall–Kier alpha value is -2.70. The van der Waals surface area contributed by atoms with Crippen molar-refractivity contribution in [3.05, 3.63) is 42.0 Å². The van der Waals surface area contributed by atoms with E-state index in [1.807, 2.05) is 6.07 Å². The van der Waals surface area contributed by atoms with Crippen molar-refractivity contribution in [1.82, 2.24) is 14.8 Å². The van der Waals surface area contributed by atoms with Gasteiger partial charge < -0.3 is 9.47 Å². The summed E-state index contributed by atoms with van der Waals surface area (Å²) < 4.78 is 10.4. The summed E-state index contributed by atoms with van der Waals surface area (Å²) in [7, 11) is 2.44. The van der Waals surface area contributed by atoms with Gasteiger partial charge in [-0.1, -0.05) is 18.2 Å². The summed E-state index contributed by atoms with van der Waals surface area (Å²) in [6.07, 6.45) is 0. The van der Waals surface area contributed by atoms with E-state index in [1.54, 1.807) is 24.3 Å². The Labute approximate surface area is 108 Å². The highest BCUT2D eigenvalue weighted by Crippen LogP contribution is 2.11. The number of aromatic nitrogens is 3. The standard InChI is InChI=1S/C12H11N3O4/c1-18-11(16)9-13-10(12(17)19-2)15(14-9)8-6-4-3-5-7-8/h3-7H,1-2H3. The predicted molar refractivity (Wildman–Crippen MR) is 64.0 cm³/mol. The number of hydrogen-bond acceptors (Lipinski definition) is 6. The van der Waals surface area contributed by atoms with Crippen molar-refractivity contribution in [2.75, 3.05) is 14.2 Å². The quantitative estimate of drug-likeness (QED) is 0.761. The number of rotatable bonds is 3. The molecule has 0 unspecified atom stereocenters. The van der Waals surface area contributed by atoms with Crippen molar-refractivity contribution in [3.8, 4) is 5.69 Å². The summed E-state index contributed by atoms with van der Waals surface area (Å²) in [6, 6.07) is 8.82. The third-order valence-corrected chi connectivity index (χ3v) is 2.34. The second kappa shape index (κ2) is 5.30. The highest BCUT2D eigenvalue weighted by atomic mass is 16.5. The van der Waals surface area contributed by atoms with E-state index in [-0.39, 0.29) is 11.6 Å². The summed E-state index contributed by atoms with van der Waals surface area (Å²) in [4.78, 5) is 26.9. The van der Waals surface area contributed by atoms with E-state index in [2.05, 4.69) is 19.6 Å².